The molecule has 0 aliphatic carbocycles. The van der Waals surface area contributed by atoms with E-state index >= 15 is 0 Å². The smallest absolute Gasteiger partial charge is 0.308 e. The maximum Gasteiger partial charge on any atom is 0.308 e. The number of aliphatic carboxylic acids is 1. The van der Waals surface area contributed by atoms with E-state index in [0.717, 1.165) is 13.0 Å². The largest absolute Gasteiger partial charge is 0.481 e. The summed E-state index contributed by atoms with van der Waals surface area (Å²) in [6, 6.07) is 0. The standard InChI is InChI=1S/C9H15NO3/c1-2-7(9(12)13)6-10-5-3-4-8(10)11/h7H,2-6H2,1H3,(H,12,13). The number of carbonyl (C=O) groups excluding carboxylic acids is 1. The highest BCUT2D eigenvalue weighted by atomic mass is 16.4. The monoisotopic (exact) mass is 185 g/mol. The average molecular weight is 185 g/mol. The fourth-order valence-electron chi connectivity index (χ4n) is 1.54. The van der Waals surface area contributed by atoms with Gasteiger partial charge in [-0.3, -0.25) is 9.59 Å². The molecule has 1 saturated heterocycles. The number of rotatable bonds is 4. The molecule has 0 aromatic carbocycles. The SMILES string of the molecule is CCC(CN1CCCC1=O)C(=O)O. The van der Waals surface area contributed by atoms with E-state index in [-0.39, 0.29) is 5.91 Å². The Bertz CT molecular complexity index is 215. The maximum atomic E-state index is 11.2. The van der Waals surface area contributed by atoms with E-state index in [1.165, 1.54) is 0 Å². The summed E-state index contributed by atoms with van der Waals surface area (Å²) in [7, 11) is 0. The molecule has 0 radical (unpaired) electrons. The summed E-state index contributed by atoms with van der Waals surface area (Å²) < 4.78 is 0. The molecule has 4 nitrogen and oxygen atoms in total. The van der Waals surface area contributed by atoms with Gasteiger partial charge in [0.05, 0.1) is 5.92 Å². The average Bonchev–Trinajstić information content (AvgIpc) is 2.46. The van der Waals surface area contributed by atoms with Gasteiger partial charge in [-0.2, -0.15) is 0 Å². The van der Waals surface area contributed by atoms with Crippen molar-refractivity contribution < 1.29 is 14.7 Å². The molecule has 1 aliphatic rings. The van der Waals surface area contributed by atoms with Crippen molar-refractivity contribution in [2.24, 2.45) is 5.92 Å². The van der Waals surface area contributed by atoms with Crippen molar-refractivity contribution in [3.8, 4) is 0 Å². The summed E-state index contributed by atoms with van der Waals surface area (Å²) in [4.78, 5) is 23.5. The number of carboxylic acids is 1. The minimum absolute atomic E-state index is 0.0969. The van der Waals surface area contributed by atoms with Gasteiger partial charge in [0.25, 0.3) is 0 Å². The molecule has 1 amide bonds. The van der Waals surface area contributed by atoms with Crippen LogP contribution in [0.1, 0.15) is 26.2 Å². The van der Waals surface area contributed by atoms with E-state index < -0.39 is 11.9 Å². The molecular weight excluding hydrogens is 170 g/mol. The lowest BCUT2D eigenvalue weighted by Gasteiger charge is -2.19. The van der Waals surface area contributed by atoms with E-state index in [4.69, 9.17) is 5.11 Å². The van der Waals surface area contributed by atoms with Crippen LogP contribution in [0.4, 0.5) is 0 Å². The van der Waals surface area contributed by atoms with Crippen molar-refractivity contribution in [2.75, 3.05) is 13.1 Å². The lowest BCUT2D eigenvalue weighted by atomic mass is 10.1. The fraction of sp³-hybridized carbons (Fsp3) is 0.778. The van der Waals surface area contributed by atoms with Crippen LogP contribution in [0.3, 0.4) is 0 Å². The molecule has 0 saturated carbocycles. The van der Waals surface area contributed by atoms with Crippen molar-refractivity contribution in [3.63, 3.8) is 0 Å². The Hall–Kier alpha value is -1.06. The molecule has 13 heavy (non-hydrogen) atoms. The van der Waals surface area contributed by atoms with Gasteiger partial charge in [-0.05, 0) is 12.8 Å². The van der Waals surface area contributed by atoms with Gasteiger partial charge in [-0.1, -0.05) is 6.92 Å². The molecule has 1 heterocycles. The van der Waals surface area contributed by atoms with Crippen molar-refractivity contribution in [1.29, 1.82) is 0 Å². The van der Waals surface area contributed by atoms with Crippen LogP contribution in [0.25, 0.3) is 0 Å². The Morgan fingerprint density at radius 1 is 1.69 bits per heavy atom. The highest BCUT2D eigenvalue weighted by Crippen LogP contribution is 2.13. The molecule has 0 bridgehead atoms. The van der Waals surface area contributed by atoms with Gasteiger partial charge in [0.1, 0.15) is 0 Å². The van der Waals surface area contributed by atoms with Crippen LogP contribution in [-0.4, -0.2) is 35.0 Å². The number of hydrogen-bond acceptors (Lipinski definition) is 2. The molecule has 1 rings (SSSR count). The van der Waals surface area contributed by atoms with Gasteiger partial charge in [-0.15, -0.1) is 0 Å². The zero-order chi connectivity index (χ0) is 9.84. The van der Waals surface area contributed by atoms with Crippen LogP contribution in [0.5, 0.6) is 0 Å². The first-order chi connectivity index (χ1) is 6.15. The number of carboxylic acid groups (broad SMARTS) is 1. The summed E-state index contributed by atoms with van der Waals surface area (Å²) in [6.07, 6.45) is 2.03. The van der Waals surface area contributed by atoms with Crippen molar-refractivity contribution in [2.45, 2.75) is 26.2 Å². The van der Waals surface area contributed by atoms with Crippen LogP contribution < -0.4 is 0 Å². The van der Waals surface area contributed by atoms with E-state index in [2.05, 4.69) is 0 Å². The number of carbonyl (C=O) groups is 2. The molecule has 4 heteroatoms. The van der Waals surface area contributed by atoms with Gasteiger partial charge in [0.15, 0.2) is 0 Å². The lowest BCUT2D eigenvalue weighted by molar-refractivity contribution is -0.143. The normalized spacial score (nSPS) is 19.2. The maximum absolute atomic E-state index is 11.2. The highest BCUT2D eigenvalue weighted by molar-refractivity contribution is 5.79. The van der Waals surface area contributed by atoms with Gasteiger partial charge in [0, 0.05) is 19.5 Å². The van der Waals surface area contributed by atoms with E-state index in [0.29, 0.717) is 19.4 Å². The van der Waals surface area contributed by atoms with Crippen molar-refractivity contribution >= 4 is 11.9 Å². The molecule has 74 valence electrons. The summed E-state index contributed by atoms with van der Waals surface area (Å²) >= 11 is 0. The second-order valence-electron chi connectivity index (χ2n) is 3.39. The predicted molar refractivity (Wildman–Crippen MR) is 47.2 cm³/mol. The zero-order valence-corrected chi connectivity index (χ0v) is 7.82. The Balaban J connectivity index is 2.45. The van der Waals surface area contributed by atoms with Crippen LogP contribution in [-0.2, 0) is 9.59 Å². The minimum Gasteiger partial charge on any atom is -0.481 e. The fourth-order valence-corrected chi connectivity index (χ4v) is 1.54. The van der Waals surface area contributed by atoms with Gasteiger partial charge < -0.3 is 10.0 Å². The van der Waals surface area contributed by atoms with Crippen LogP contribution in [0, 0.1) is 5.92 Å². The van der Waals surface area contributed by atoms with Crippen molar-refractivity contribution in [3.05, 3.63) is 0 Å². The third-order valence-corrected chi connectivity index (χ3v) is 2.45. The Labute approximate surface area is 77.5 Å². The molecule has 1 fully saturated rings. The molecular formula is C9H15NO3. The first-order valence-electron chi connectivity index (χ1n) is 4.65. The second kappa shape index (κ2) is 4.25. The number of amides is 1. The molecule has 0 spiro atoms. The number of nitrogens with zero attached hydrogens (tertiary/aromatic N) is 1. The number of hydrogen-bond donors (Lipinski definition) is 1. The minimum atomic E-state index is -0.804. The summed E-state index contributed by atoms with van der Waals surface area (Å²) in [5.41, 5.74) is 0. The molecule has 0 aromatic rings. The van der Waals surface area contributed by atoms with E-state index in [1.807, 2.05) is 6.92 Å². The third-order valence-electron chi connectivity index (χ3n) is 2.45. The van der Waals surface area contributed by atoms with Crippen molar-refractivity contribution in [1.82, 2.24) is 4.90 Å². The lowest BCUT2D eigenvalue weighted by Crippen LogP contribution is -2.33. The van der Waals surface area contributed by atoms with E-state index in [1.54, 1.807) is 4.90 Å². The predicted octanol–water partition coefficient (Wildman–Crippen LogP) is 0.720. The number of likely N-dealkylation sites (tertiary alicyclic amines) is 1. The zero-order valence-electron chi connectivity index (χ0n) is 7.82. The topological polar surface area (TPSA) is 57.6 Å². The molecule has 1 aliphatic heterocycles. The molecule has 1 atom stereocenters. The van der Waals surface area contributed by atoms with Crippen LogP contribution >= 0.6 is 0 Å². The first kappa shape index (κ1) is 10.0. The van der Waals surface area contributed by atoms with Gasteiger partial charge >= 0.3 is 5.97 Å². The highest BCUT2D eigenvalue weighted by Gasteiger charge is 2.25. The summed E-state index contributed by atoms with van der Waals surface area (Å²) in [6.45, 7) is 2.94. The molecule has 0 aromatic heterocycles. The first-order valence-corrected chi connectivity index (χ1v) is 4.65. The Morgan fingerprint density at radius 2 is 2.38 bits per heavy atom. The quantitative estimate of drug-likeness (QED) is 0.702. The van der Waals surface area contributed by atoms with Crippen LogP contribution in [0.2, 0.25) is 0 Å². The Kier molecular flexibility index (Phi) is 3.28. The van der Waals surface area contributed by atoms with E-state index in [9.17, 15) is 9.59 Å². The van der Waals surface area contributed by atoms with Gasteiger partial charge in [0.2, 0.25) is 5.91 Å². The summed E-state index contributed by atoms with van der Waals surface area (Å²) in [5.74, 6) is -1.11. The third kappa shape index (κ3) is 2.44. The molecule has 1 N–H and O–H groups in total. The Morgan fingerprint density at radius 3 is 2.77 bits per heavy atom. The van der Waals surface area contributed by atoms with Gasteiger partial charge in [-0.25, -0.2) is 0 Å². The molecule has 1 unspecified atom stereocenters. The summed E-state index contributed by atoms with van der Waals surface area (Å²) in [5, 5.41) is 8.78. The van der Waals surface area contributed by atoms with Crippen LogP contribution in [0.15, 0.2) is 0 Å². The second-order valence-corrected chi connectivity index (χ2v) is 3.39.